The van der Waals surface area contributed by atoms with Crippen LogP contribution in [0.3, 0.4) is 0 Å². The number of rotatable bonds is 7. The lowest BCUT2D eigenvalue weighted by atomic mass is 9.97. The predicted octanol–water partition coefficient (Wildman–Crippen LogP) is 1.73. The van der Waals surface area contributed by atoms with E-state index in [4.69, 9.17) is 4.74 Å². The molecule has 1 fully saturated rings. The van der Waals surface area contributed by atoms with Gasteiger partial charge in [0.1, 0.15) is 5.75 Å². The minimum atomic E-state index is -0.468. The summed E-state index contributed by atoms with van der Waals surface area (Å²) >= 11 is 0. The van der Waals surface area contributed by atoms with Crippen LogP contribution < -0.4 is 10.1 Å². The van der Waals surface area contributed by atoms with Crippen molar-refractivity contribution in [2.24, 2.45) is 5.92 Å². The van der Waals surface area contributed by atoms with Gasteiger partial charge in [0, 0.05) is 0 Å². The molecule has 1 aromatic rings. The Bertz CT molecular complexity index is 417. The Morgan fingerprint density at radius 1 is 1.42 bits per heavy atom. The third kappa shape index (κ3) is 3.96. The summed E-state index contributed by atoms with van der Waals surface area (Å²) in [6.45, 7) is 2.24. The molecule has 104 valence electrons. The third-order valence-corrected chi connectivity index (χ3v) is 3.57. The fourth-order valence-electron chi connectivity index (χ4n) is 2.15. The Morgan fingerprint density at radius 3 is 2.68 bits per heavy atom. The zero-order valence-corrected chi connectivity index (χ0v) is 11.3. The van der Waals surface area contributed by atoms with Gasteiger partial charge in [-0.15, -0.1) is 0 Å². The number of carbonyl (C=O) groups excluding carboxylic acids is 1. The van der Waals surface area contributed by atoms with Crippen LogP contribution in [0.5, 0.6) is 5.75 Å². The van der Waals surface area contributed by atoms with Gasteiger partial charge in [0.05, 0.1) is 25.2 Å². The van der Waals surface area contributed by atoms with Crippen molar-refractivity contribution in [1.29, 1.82) is 0 Å². The predicted molar refractivity (Wildman–Crippen MR) is 72.9 cm³/mol. The molecule has 0 aromatic heterocycles. The normalized spacial score (nSPS) is 17.6. The number of para-hydroxylation sites is 1. The number of benzene rings is 1. The maximum absolute atomic E-state index is 11.8. The van der Waals surface area contributed by atoms with Gasteiger partial charge in [-0.3, -0.25) is 4.79 Å². The second-order valence-electron chi connectivity index (χ2n) is 5.31. The van der Waals surface area contributed by atoms with Gasteiger partial charge in [-0.1, -0.05) is 18.2 Å². The molecule has 1 aliphatic carbocycles. The molecule has 19 heavy (non-hydrogen) atoms. The largest absolute Gasteiger partial charge is 0.493 e. The van der Waals surface area contributed by atoms with Crippen molar-refractivity contribution in [1.82, 2.24) is 5.32 Å². The van der Waals surface area contributed by atoms with Crippen molar-refractivity contribution >= 4 is 5.91 Å². The highest BCUT2D eigenvalue weighted by Gasteiger charge is 2.41. The zero-order valence-electron chi connectivity index (χ0n) is 11.3. The van der Waals surface area contributed by atoms with Crippen LogP contribution in [0.15, 0.2) is 30.3 Å². The molecule has 1 aromatic carbocycles. The standard InChI is InChI=1S/C15H21NO3/c1-15(11-17,12-7-8-12)16-14(18)9-10-19-13-5-3-2-4-6-13/h2-6,12,17H,7-11H2,1H3,(H,16,18). The molecule has 0 saturated heterocycles. The Hall–Kier alpha value is -1.55. The number of hydrogen-bond acceptors (Lipinski definition) is 3. The second kappa shape index (κ2) is 6.06. The number of nitrogens with one attached hydrogen (secondary N) is 1. The van der Waals surface area contributed by atoms with Crippen molar-refractivity contribution in [2.45, 2.75) is 31.7 Å². The number of amides is 1. The van der Waals surface area contributed by atoms with Gasteiger partial charge in [-0.2, -0.15) is 0 Å². The Balaban J connectivity index is 1.72. The topological polar surface area (TPSA) is 58.6 Å². The van der Waals surface area contributed by atoms with E-state index in [1.54, 1.807) is 0 Å². The van der Waals surface area contributed by atoms with Gasteiger partial charge < -0.3 is 15.2 Å². The Labute approximate surface area is 113 Å². The van der Waals surface area contributed by atoms with Gasteiger partial charge in [0.2, 0.25) is 5.91 Å². The molecule has 0 heterocycles. The molecule has 2 N–H and O–H groups in total. The van der Waals surface area contributed by atoms with E-state index in [0.29, 0.717) is 18.9 Å². The lowest BCUT2D eigenvalue weighted by Crippen LogP contribution is -2.51. The van der Waals surface area contributed by atoms with Crippen LogP contribution in [0, 0.1) is 5.92 Å². The maximum Gasteiger partial charge on any atom is 0.223 e. The molecule has 1 saturated carbocycles. The summed E-state index contributed by atoms with van der Waals surface area (Å²) in [5, 5.41) is 12.3. The summed E-state index contributed by atoms with van der Waals surface area (Å²) in [6, 6.07) is 9.43. The Kier molecular flexibility index (Phi) is 4.43. The summed E-state index contributed by atoms with van der Waals surface area (Å²) in [4.78, 5) is 11.8. The van der Waals surface area contributed by atoms with E-state index in [1.165, 1.54) is 0 Å². The molecule has 2 rings (SSSR count). The third-order valence-electron chi connectivity index (χ3n) is 3.57. The van der Waals surface area contributed by atoms with Gasteiger partial charge >= 0.3 is 0 Å². The molecule has 0 bridgehead atoms. The molecule has 1 aliphatic rings. The Morgan fingerprint density at radius 2 is 2.11 bits per heavy atom. The molecule has 1 atom stereocenters. The highest BCUT2D eigenvalue weighted by Crippen LogP contribution is 2.39. The molecule has 1 amide bonds. The van der Waals surface area contributed by atoms with Crippen LogP contribution in [0.1, 0.15) is 26.2 Å². The quantitative estimate of drug-likeness (QED) is 0.787. The molecule has 1 unspecified atom stereocenters. The van der Waals surface area contributed by atoms with Crippen LogP contribution in [-0.4, -0.2) is 29.8 Å². The number of ether oxygens (including phenoxy) is 1. The lowest BCUT2D eigenvalue weighted by molar-refractivity contribution is -0.124. The van der Waals surface area contributed by atoms with E-state index in [1.807, 2.05) is 37.3 Å². The first-order valence-electron chi connectivity index (χ1n) is 6.74. The van der Waals surface area contributed by atoms with E-state index in [2.05, 4.69) is 5.32 Å². The van der Waals surface area contributed by atoms with E-state index < -0.39 is 5.54 Å². The van der Waals surface area contributed by atoms with Crippen LogP contribution in [0.25, 0.3) is 0 Å². The average molecular weight is 263 g/mol. The van der Waals surface area contributed by atoms with Crippen LogP contribution in [0.4, 0.5) is 0 Å². The summed E-state index contributed by atoms with van der Waals surface area (Å²) in [5.74, 6) is 1.11. The zero-order chi connectivity index (χ0) is 13.7. The number of hydrogen-bond donors (Lipinski definition) is 2. The molecular formula is C15H21NO3. The van der Waals surface area contributed by atoms with Gasteiger partial charge in [0.25, 0.3) is 0 Å². The highest BCUT2D eigenvalue weighted by molar-refractivity contribution is 5.77. The first-order chi connectivity index (χ1) is 9.14. The van der Waals surface area contributed by atoms with E-state index in [-0.39, 0.29) is 12.5 Å². The summed E-state index contributed by atoms with van der Waals surface area (Å²) in [5.41, 5.74) is -0.468. The monoisotopic (exact) mass is 263 g/mol. The first kappa shape index (κ1) is 13.9. The van der Waals surface area contributed by atoms with E-state index >= 15 is 0 Å². The SMILES string of the molecule is CC(CO)(NC(=O)CCOc1ccccc1)C1CC1. The maximum atomic E-state index is 11.8. The first-order valence-corrected chi connectivity index (χ1v) is 6.74. The molecular weight excluding hydrogens is 242 g/mol. The highest BCUT2D eigenvalue weighted by atomic mass is 16.5. The van der Waals surface area contributed by atoms with Crippen molar-refractivity contribution in [3.05, 3.63) is 30.3 Å². The van der Waals surface area contributed by atoms with E-state index in [0.717, 1.165) is 18.6 Å². The molecule has 0 aliphatic heterocycles. The fourth-order valence-corrected chi connectivity index (χ4v) is 2.15. The minimum absolute atomic E-state index is 0.0110. The molecule has 0 radical (unpaired) electrons. The smallest absolute Gasteiger partial charge is 0.223 e. The molecule has 4 heteroatoms. The van der Waals surface area contributed by atoms with Gasteiger partial charge in [0.15, 0.2) is 0 Å². The number of aliphatic hydroxyl groups is 1. The van der Waals surface area contributed by atoms with Gasteiger partial charge in [-0.05, 0) is 37.8 Å². The fraction of sp³-hybridized carbons (Fsp3) is 0.533. The van der Waals surface area contributed by atoms with Crippen LogP contribution in [-0.2, 0) is 4.79 Å². The molecule has 4 nitrogen and oxygen atoms in total. The number of carbonyl (C=O) groups is 1. The summed E-state index contributed by atoms with van der Waals surface area (Å²) in [6.07, 6.45) is 2.47. The number of aliphatic hydroxyl groups excluding tert-OH is 1. The second-order valence-corrected chi connectivity index (χ2v) is 5.31. The summed E-state index contributed by atoms with van der Waals surface area (Å²) in [7, 11) is 0. The average Bonchev–Trinajstić information content (AvgIpc) is 3.24. The molecule has 0 spiro atoms. The summed E-state index contributed by atoms with van der Waals surface area (Å²) < 4.78 is 5.48. The van der Waals surface area contributed by atoms with Crippen LogP contribution >= 0.6 is 0 Å². The van der Waals surface area contributed by atoms with Crippen molar-refractivity contribution in [3.8, 4) is 5.75 Å². The van der Waals surface area contributed by atoms with Crippen molar-refractivity contribution in [3.63, 3.8) is 0 Å². The van der Waals surface area contributed by atoms with E-state index in [9.17, 15) is 9.90 Å². The minimum Gasteiger partial charge on any atom is -0.493 e. The lowest BCUT2D eigenvalue weighted by Gasteiger charge is -2.28. The van der Waals surface area contributed by atoms with Crippen molar-refractivity contribution in [2.75, 3.05) is 13.2 Å². The van der Waals surface area contributed by atoms with Crippen molar-refractivity contribution < 1.29 is 14.6 Å². The van der Waals surface area contributed by atoms with Gasteiger partial charge in [-0.25, -0.2) is 0 Å². The van der Waals surface area contributed by atoms with Crippen LogP contribution in [0.2, 0.25) is 0 Å².